The number of benzene rings is 1. The van der Waals surface area contributed by atoms with Crippen LogP contribution in [0.1, 0.15) is 28.7 Å². The number of hydrogen-bond donors (Lipinski definition) is 1. The number of nitrogens with zero attached hydrogens (tertiary/aromatic N) is 6. The van der Waals surface area contributed by atoms with Gasteiger partial charge >= 0.3 is 0 Å². The Balaban J connectivity index is 1.83. The summed E-state index contributed by atoms with van der Waals surface area (Å²) in [6.07, 6.45) is 3.03. The number of rotatable bonds is 5. The van der Waals surface area contributed by atoms with Crippen molar-refractivity contribution >= 4 is 17.3 Å². The van der Waals surface area contributed by atoms with Crippen LogP contribution in [0.15, 0.2) is 53.9 Å². The zero-order chi connectivity index (χ0) is 19.4. The van der Waals surface area contributed by atoms with Crippen LogP contribution in [-0.4, -0.2) is 36.5 Å². The highest BCUT2D eigenvalue weighted by molar-refractivity contribution is 6.00. The molecule has 10 heteroatoms. The minimum Gasteiger partial charge on any atom is -0.267 e. The van der Waals surface area contributed by atoms with Gasteiger partial charge in [-0.2, -0.15) is 5.10 Å². The lowest BCUT2D eigenvalue weighted by Gasteiger charge is -2.04. The molecule has 0 saturated heterocycles. The van der Waals surface area contributed by atoms with Gasteiger partial charge in [-0.15, -0.1) is 5.10 Å². The first-order valence-electron chi connectivity index (χ1n) is 7.89. The maximum atomic E-state index is 12.0. The summed E-state index contributed by atoms with van der Waals surface area (Å²) in [5.74, 6) is -0.375. The average Bonchev–Trinajstić information content (AvgIpc) is 3.08. The molecule has 2 heterocycles. The minimum atomic E-state index is -0.474. The van der Waals surface area contributed by atoms with Gasteiger partial charge in [-0.1, -0.05) is 11.3 Å². The fourth-order valence-electron chi connectivity index (χ4n) is 2.40. The molecule has 3 aromatic rings. The van der Waals surface area contributed by atoms with Crippen molar-refractivity contribution in [3.8, 4) is 5.69 Å². The molecule has 136 valence electrons. The Labute approximate surface area is 153 Å². The summed E-state index contributed by atoms with van der Waals surface area (Å²) in [7, 11) is 0. The highest BCUT2D eigenvalue weighted by Crippen LogP contribution is 2.18. The summed E-state index contributed by atoms with van der Waals surface area (Å²) in [4.78, 5) is 26.4. The Hall–Kier alpha value is -3.95. The Morgan fingerprint density at radius 1 is 1.26 bits per heavy atom. The lowest BCUT2D eigenvalue weighted by molar-refractivity contribution is -0.384. The first-order valence-corrected chi connectivity index (χ1v) is 7.89. The van der Waals surface area contributed by atoms with Crippen LogP contribution in [-0.2, 0) is 0 Å². The molecule has 0 saturated carbocycles. The first kappa shape index (κ1) is 17.9. The first-order chi connectivity index (χ1) is 13.0. The summed E-state index contributed by atoms with van der Waals surface area (Å²) in [6.45, 7) is 3.44. The molecule has 0 aliphatic heterocycles. The minimum absolute atomic E-state index is 0.0426. The van der Waals surface area contributed by atoms with Gasteiger partial charge in [0.25, 0.3) is 11.6 Å². The smallest absolute Gasteiger partial charge is 0.267 e. The van der Waals surface area contributed by atoms with E-state index in [0.717, 1.165) is 0 Å². The SMILES string of the molecule is CC(=NNC(=O)c1ccncc1)c1nnn(-c2cccc([N+](=O)[O-])c2)c1C. The summed E-state index contributed by atoms with van der Waals surface area (Å²) in [6, 6.07) is 9.22. The Morgan fingerprint density at radius 2 is 2.00 bits per heavy atom. The Kier molecular flexibility index (Phi) is 4.97. The van der Waals surface area contributed by atoms with Crippen molar-refractivity contribution in [1.29, 1.82) is 0 Å². The Bertz CT molecular complexity index is 1030. The number of hydrazone groups is 1. The van der Waals surface area contributed by atoms with Gasteiger partial charge in [0.2, 0.25) is 0 Å². The van der Waals surface area contributed by atoms with E-state index in [1.165, 1.54) is 29.2 Å². The molecular weight excluding hydrogens is 350 g/mol. The van der Waals surface area contributed by atoms with Crippen LogP contribution in [0.4, 0.5) is 5.69 Å². The normalized spacial score (nSPS) is 11.3. The van der Waals surface area contributed by atoms with Crippen molar-refractivity contribution in [3.05, 3.63) is 75.9 Å². The number of hydrogen-bond acceptors (Lipinski definition) is 7. The number of non-ortho nitro benzene ring substituents is 1. The van der Waals surface area contributed by atoms with E-state index in [-0.39, 0.29) is 11.6 Å². The van der Waals surface area contributed by atoms with Gasteiger partial charge < -0.3 is 0 Å². The third kappa shape index (κ3) is 3.84. The number of nitro groups is 1. The molecule has 1 N–H and O–H groups in total. The second-order valence-electron chi connectivity index (χ2n) is 5.59. The van der Waals surface area contributed by atoms with E-state index in [9.17, 15) is 14.9 Å². The monoisotopic (exact) mass is 365 g/mol. The van der Waals surface area contributed by atoms with Crippen molar-refractivity contribution in [3.63, 3.8) is 0 Å². The quantitative estimate of drug-likeness (QED) is 0.418. The molecule has 0 atom stereocenters. The van der Waals surface area contributed by atoms with Gasteiger partial charge in [0.15, 0.2) is 0 Å². The van der Waals surface area contributed by atoms with Crippen LogP contribution in [0, 0.1) is 17.0 Å². The van der Waals surface area contributed by atoms with Crippen molar-refractivity contribution in [2.24, 2.45) is 5.10 Å². The molecule has 0 fully saturated rings. The standard InChI is InChI=1S/C17H15N7O3/c1-11(19-21-17(25)13-6-8-18-9-7-13)16-12(2)23(22-20-16)14-4-3-5-15(10-14)24(26)27/h3-10H,1-2H3,(H,21,25). The predicted molar refractivity (Wildman–Crippen MR) is 96.7 cm³/mol. The molecule has 1 amide bonds. The third-order valence-electron chi connectivity index (χ3n) is 3.79. The summed E-state index contributed by atoms with van der Waals surface area (Å²) >= 11 is 0. The van der Waals surface area contributed by atoms with Crippen LogP contribution >= 0.6 is 0 Å². The molecule has 10 nitrogen and oxygen atoms in total. The molecule has 0 radical (unpaired) electrons. The Morgan fingerprint density at radius 3 is 2.70 bits per heavy atom. The number of amides is 1. The fraction of sp³-hybridized carbons (Fsp3) is 0.118. The van der Waals surface area contributed by atoms with Gasteiger partial charge in [0.05, 0.1) is 22.0 Å². The number of pyridine rings is 1. The second-order valence-corrected chi connectivity index (χ2v) is 5.59. The second kappa shape index (κ2) is 7.52. The van der Waals surface area contributed by atoms with E-state index in [1.807, 2.05) is 0 Å². The largest absolute Gasteiger partial charge is 0.271 e. The van der Waals surface area contributed by atoms with E-state index in [1.54, 1.807) is 38.1 Å². The topological polar surface area (TPSA) is 128 Å². The molecule has 0 unspecified atom stereocenters. The molecule has 0 spiro atoms. The van der Waals surface area contributed by atoms with E-state index >= 15 is 0 Å². The molecule has 1 aromatic carbocycles. The summed E-state index contributed by atoms with van der Waals surface area (Å²) < 4.78 is 1.48. The molecule has 0 bridgehead atoms. The van der Waals surface area contributed by atoms with Gasteiger partial charge in [-0.05, 0) is 32.0 Å². The van der Waals surface area contributed by atoms with Crippen LogP contribution in [0.5, 0.6) is 0 Å². The lowest BCUT2D eigenvalue weighted by atomic mass is 10.2. The molecule has 0 aliphatic rings. The summed E-state index contributed by atoms with van der Waals surface area (Å²) in [5, 5.41) is 23.1. The van der Waals surface area contributed by atoms with E-state index < -0.39 is 4.92 Å². The molecule has 2 aromatic heterocycles. The van der Waals surface area contributed by atoms with E-state index in [2.05, 4.69) is 25.8 Å². The molecular formula is C17H15N7O3. The molecule has 27 heavy (non-hydrogen) atoms. The third-order valence-corrected chi connectivity index (χ3v) is 3.79. The number of nitrogens with one attached hydrogen (secondary N) is 1. The molecule has 0 aliphatic carbocycles. The van der Waals surface area contributed by atoms with Crippen LogP contribution in [0.2, 0.25) is 0 Å². The van der Waals surface area contributed by atoms with Gasteiger partial charge in [-0.25, -0.2) is 10.1 Å². The van der Waals surface area contributed by atoms with Crippen LogP contribution < -0.4 is 5.43 Å². The van der Waals surface area contributed by atoms with Crippen molar-refractivity contribution in [1.82, 2.24) is 25.4 Å². The number of carbonyl (C=O) groups is 1. The van der Waals surface area contributed by atoms with Gasteiger partial charge in [0, 0.05) is 30.1 Å². The predicted octanol–water partition coefficient (Wildman–Crippen LogP) is 2.03. The number of aromatic nitrogens is 4. The fourth-order valence-corrected chi connectivity index (χ4v) is 2.40. The van der Waals surface area contributed by atoms with E-state index in [0.29, 0.717) is 28.4 Å². The zero-order valence-corrected chi connectivity index (χ0v) is 14.5. The van der Waals surface area contributed by atoms with Crippen molar-refractivity contribution in [2.75, 3.05) is 0 Å². The summed E-state index contributed by atoms with van der Waals surface area (Å²) in [5.41, 5.74) is 4.90. The maximum Gasteiger partial charge on any atom is 0.271 e. The number of nitro benzene ring substituents is 1. The van der Waals surface area contributed by atoms with Crippen LogP contribution in [0.3, 0.4) is 0 Å². The average molecular weight is 365 g/mol. The van der Waals surface area contributed by atoms with Gasteiger partial charge in [-0.3, -0.25) is 19.9 Å². The molecule has 3 rings (SSSR count). The van der Waals surface area contributed by atoms with E-state index in [4.69, 9.17) is 0 Å². The maximum absolute atomic E-state index is 12.0. The zero-order valence-electron chi connectivity index (χ0n) is 14.5. The van der Waals surface area contributed by atoms with Crippen molar-refractivity contribution in [2.45, 2.75) is 13.8 Å². The van der Waals surface area contributed by atoms with Gasteiger partial charge in [0.1, 0.15) is 5.69 Å². The highest BCUT2D eigenvalue weighted by Gasteiger charge is 2.15. The lowest BCUT2D eigenvalue weighted by Crippen LogP contribution is -2.19. The highest BCUT2D eigenvalue weighted by atomic mass is 16.6. The van der Waals surface area contributed by atoms with Crippen LogP contribution in [0.25, 0.3) is 5.69 Å². The van der Waals surface area contributed by atoms with Crippen molar-refractivity contribution < 1.29 is 9.72 Å². The number of carbonyl (C=O) groups excluding carboxylic acids is 1.